The van der Waals surface area contributed by atoms with Crippen molar-refractivity contribution in [1.82, 2.24) is 9.80 Å². The van der Waals surface area contributed by atoms with Crippen LogP contribution in [0.4, 0.5) is 0 Å². The quantitative estimate of drug-likeness (QED) is 0.738. The van der Waals surface area contributed by atoms with E-state index in [0.29, 0.717) is 4.75 Å². The fourth-order valence-electron chi connectivity index (χ4n) is 4.12. The lowest BCUT2D eigenvalue weighted by Gasteiger charge is -2.48. The molecule has 0 aromatic carbocycles. The van der Waals surface area contributed by atoms with E-state index in [2.05, 4.69) is 55.5 Å². The average molecular weight is 299 g/mol. The van der Waals surface area contributed by atoms with E-state index in [-0.39, 0.29) is 0 Å². The molecule has 20 heavy (non-hydrogen) atoms. The van der Waals surface area contributed by atoms with Gasteiger partial charge in [-0.3, -0.25) is 9.80 Å². The van der Waals surface area contributed by atoms with Crippen molar-refractivity contribution in [2.45, 2.75) is 70.2 Å². The summed E-state index contributed by atoms with van der Waals surface area (Å²) in [6, 6.07) is 1.60. The zero-order chi connectivity index (χ0) is 14.8. The van der Waals surface area contributed by atoms with Gasteiger partial charge in [-0.2, -0.15) is 11.8 Å². The van der Waals surface area contributed by atoms with E-state index in [9.17, 15) is 0 Å². The van der Waals surface area contributed by atoms with Gasteiger partial charge in [-0.15, -0.1) is 0 Å². The van der Waals surface area contributed by atoms with Gasteiger partial charge >= 0.3 is 0 Å². The van der Waals surface area contributed by atoms with Gasteiger partial charge in [-0.25, -0.2) is 0 Å². The van der Waals surface area contributed by atoms with E-state index in [0.717, 1.165) is 18.0 Å². The van der Waals surface area contributed by atoms with Gasteiger partial charge in [0.25, 0.3) is 0 Å². The van der Waals surface area contributed by atoms with Crippen molar-refractivity contribution in [3.63, 3.8) is 0 Å². The van der Waals surface area contributed by atoms with Crippen LogP contribution in [0.2, 0.25) is 0 Å². The molecule has 0 aromatic heterocycles. The molecule has 0 amide bonds. The second-order valence-corrected chi connectivity index (χ2v) is 8.40. The lowest BCUT2D eigenvalue weighted by atomic mass is 9.93. The summed E-state index contributed by atoms with van der Waals surface area (Å²) < 4.78 is 0.466. The third kappa shape index (κ3) is 3.36. The van der Waals surface area contributed by atoms with E-state index in [1.165, 1.54) is 51.9 Å². The number of nitrogens with zero attached hydrogens (tertiary/aromatic N) is 2. The normalized spacial score (nSPS) is 29.1. The molecule has 0 N–H and O–H groups in total. The van der Waals surface area contributed by atoms with Gasteiger partial charge in [0.2, 0.25) is 0 Å². The minimum absolute atomic E-state index is 0.466. The van der Waals surface area contributed by atoms with E-state index >= 15 is 0 Å². The maximum Gasteiger partial charge on any atom is 0.0279 e. The predicted octanol–water partition coefficient (Wildman–Crippen LogP) is 3.71. The summed E-state index contributed by atoms with van der Waals surface area (Å²) in [7, 11) is 0. The lowest BCUT2D eigenvalue weighted by Crippen LogP contribution is -2.60. The van der Waals surface area contributed by atoms with Gasteiger partial charge in [0.15, 0.2) is 0 Å². The van der Waals surface area contributed by atoms with Gasteiger partial charge in [0.05, 0.1) is 0 Å². The molecule has 2 heterocycles. The summed E-state index contributed by atoms with van der Waals surface area (Å²) in [6.45, 7) is 14.8. The minimum Gasteiger partial charge on any atom is -0.298 e. The van der Waals surface area contributed by atoms with Crippen LogP contribution in [0.25, 0.3) is 0 Å². The second kappa shape index (κ2) is 7.02. The van der Waals surface area contributed by atoms with Crippen molar-refractivity contribution in [3.05, 3.63) is 0 Å². The van der Waals surface area contributed by atoms with Crippen LogP contribution in [0.3, 0.4) is 0 Å². The summed E-state index contributed by atoms with van der Waals surface area (Å²) in [6.07, 6.45) is 7.73. The van der Waals surface area contributed by atoms with Crippen molar-refractivity contribution < 1.29 is 0 Å². The molecular formula is C17H34N2S. The highest BCUT2D eigenvalue weighted by Gasteiger charge is 2.40. The summed E-state index contributed by atoms with van der Waals surface area (Å²) in [5, 5.41) is 0. The highest BCUT2D eigenvalue weighted by atomic mass is 32.2. The van der Waals surface area contributed by atoms with Gasteiger partial charge < -0.3 is 0 Å². The Morgan fingerprint density at radius 1 is 1.20 bits per heavy atom. The monoisotopic (exact) mass is 298 g/mol. The zero-order valence-corrected chi connectivity index (χ0v) is 15.0. The maximum absolute atomic E-state index is 2.85. The molecule has 2 fully saturated rings. The number of thioether (sulfide) groups is 1. The highest BCUT2D eigenvalue weighted by Crippen LogP contribution is 2.35. The predicted molar refractivity (Wildman–Crippen MR) is 91.6 cm³/mol. The molecule has 0 aliphatic carbocycles. The molecular weight excluding hydrogens is 264 g/mol. The second-order valence-electron chi connectivity index (χ2n) is 7.13. The van der Waals surface area contributed by atoms with Crippen LogP contribution >= 0.6 is 11.8 Å². The fraction of sp³-hybridized carbons (Fsp3) is 1.00. The molecule has 2 atom stereocenters. The maximum atomic E-state index is 2.85. The Kier molecular flexibility index (Phi) is 5.84. The molecule has 0 spiro atoms. The first-order valence-corrected chi connectivity index (χ1v) is 9.81. The molecule has 2 aliphatic heterocycles. The van der Waals surface area contributed by atoms with E-state index < -0.39 is 0 Å². The van der Waals surface area contributed by atoms with Crippen LogP contribution < -0.4 is 0 Å². The largest absolute Gasteiger partial charge is 0.298 e. The third-order valence-corrected chi connectivity index (χ3v) is 7.39. The van der Waals surface area contributed by atoms with E-state index in [1.54, 1.807) is 0 Å². The molecule has 118 valence electrons. The first-order valence-electron chi connectivity index (χ1n) is 8.58. The van der Waals surface area contributed by atoms with E-state index in [4.69, 9.17) is 0 Å². The molecule has 2 unspecified atom stereocenters. The van der Waals surface area contributed by atoms with Crippen LogP contribution in [-0.4, -0.2) is 59.1 Å². The molecule has 2 rings (SSSR count). The Morgan fingerprint density at radius 2 is 1.90 bits per heavy atom. The van der Waals surface area contributed by atoms with Crippen LogP contribution in [0.5, 0.6) is 0 Å². The topological polar surface area (TPSA) is 6.48 Å². The van der Waals surface area contributed by atoms with Crippen LogP contribution in [0.15, 0.2) is 0 Å². The highest BCUT2D eigenvalue weighted by molar-refractivity contribution is 8.00. The summed E-state index contributed by atoms with van der Waals surface area (Å²) in [5.41, 5.74) is 0. The summed E-state index contributed by atoms with van der Waals surface area (Å²) in [5.74, 6) is 0.768. The molecule has 2 saturated heterocycles. The minimum atomic E-state index is 0.466. The van der Waals surface area contributed by atoms with Crippen molar-refractivity contribution in [3.8, 4) is 0 Å². The van der Waals surface area contributed by atoms with Crippen molar-refractivity contribution in [2.75, 3.05) is 32.4 Å². The Hall–Kier alpha value is 0.270. The van der Waals surface area contributed by atoms with Gasteiger partial charge in [-0.05, 0) is 44.4 Å². The van der Waals surface area contributed by atoms with Crippen LogP contribution in [0, 0.1) is 5.92 Å². The van der Waals surface area contributed by atoms with Crippen molar-refractivity contribution in [1.29, 1.82) is 0 Å². The van der Waals surface area contributed by atoms with Crippen LogP contribution in [-0.2, 0) is 0 Å². The number of hydrogen-bond donors (Lipinski definition) is 0. The lowest BCUT2D eigenvalue weighted by molar-refractivity contribution is 0.0223. The standard InChI is InChI=1S/C17H34N2S/c1-6-17(7-2,20-5)13-19-11-15-9-8-10-18(15)12-16(19)14(3)4/h14-16H,6-13H2,1-5H3. The number of rotatable bonds is 6. The molecule has 2 aliphatic rings. The van der Waals surface area contributed by atoms with Crippen LogP contribution in [0.1, 0.15) is 53.4 Å². The average Bonchev–Trinajstić information content (AvgIpc) is 2.91. The van der Waals surface area contributed by atoms with Crippen molar-refractivity contribution in [2.24, 2.45) is 5.92 Å². The summed E-state index contributed by atoms with van der Waals surface area (Å²) >= 11 is 2.09. The number of hydrogen-bond acceptors (Lipinski definition) is 3. The first kappa shape index (κ1) is 16.6. The summed E-state index contributed by atoms with van der Waals surface area (Å²) in [4.78, 5) is 5.61. The molecule has 0 radical (unpaired) electrons. The Balaban J connectivity index is 2.10. The van der Waals surface area contributed by atoms with E-state index in [1.807, 2.05) is 0 Å². The SMILES string of the molecule is CCC(CC)(CN1CC2CCCN2CC1C(C)C)SC. The van der Waals surface area contributed by atoms with Gasteiger partial charge in [0, 0.05) is 36.5 Å². The Bertz CT molecular complexity index is 293. The smallest absolute Gasteiger partial charge is 0.0279 e. The molecule has 2 nitrogen and oxygen atoms in total. The van der Waals surface area contributed by atoms with Gasteiger partial charge in [0.1, 0.15) is 0 Å². The fourth-order valence-corrected chi connectivity index (χ4v) is 4.99. The number of piperazine rings is 1. The van der Waals surface area contributed by atoms with Crippen molar-refractivity contribution >= 4 is 11.8 Å². The molecule has 0 aromatic rings. The Labute approximate surface area is 130 Å². The Morgan fingerprint density at radius 3 is 2.45 bits per heavy atom. The number of fused-ring (bicyclic) bond motifs is 1. The molecule has 0 bridgehead atoms. The molecule has 3 heteroatoms. The first-order chi connectivity index (χ1) is 9.55. The third-order valence-electron chi connectivity index (χ3n) is 5.82. The molecule has 0 saturated carbocycles. The van der Waals surface area contributed by atoms with Gasteiger partial charge in [-0.1, -0.05) is 27.7 Å². The zero-order valence-electron chi connectivity index (χ0n) is 14.2.